The lowest BCUT2D eigenvalue weighted by molar-refractivity contribution is -0.384. The van der Waals surface area contributed by atoms with Crippen LogP contribution in [0.4, 0.5) is 11.4 Å². The first kappa shape index (κ1) is 16.0. The fourth-order valence-corrected chi connectivity index (χ4v) is 3.24. The number of nitrogens with zero attached hydrogens (tertiary/aromatic N) is 1. The van der Waals surface area contributed by atoms with Gasteiger partial charge in [0.1, 0.15) is 0 Å². The van der Waals surface area contributed by atoms with Crippen molar-refractivity contribution in [3.8, 4) is 0 Å². The number of sulfonamides is 1. The number of anilines is 1. The molecule has 2 aromatic rings. The monoisotopic (exact) mass is 320 g/mol. The summed E-state index contributed by atoms with van der Waals surface area (Å²) in [5.41, 5.74) is 3.03. The van der Waals surface area contributed by atoms with Crippen molar-refractivity contribution in [1.29, 1.82) is 0 Å². The van der Waals surface area contributed by atoms with Crippen molar-refractivity contribution in [2.45, 2.75) is 25.7 Å². The van der Waals surface area contributed by atoms with Gasteiger partial charge in [-0.3, -0.25) is 14.8 Å². The van der Waals surface area contributed by atoms with E-state index in [4.69, 9.17) is 0 Å². The Balaban J connectivity index is 2.40. The summed E-state index contributed by atoms with van der Waals surface area (Å²) in [5.74, 6) is 0. The van der Waals surface area contributed by atoms with Crippen LogP contribution in [0.15, 0.2) is 41.3 Å². The third-order valence-corrected chi connectivity index (χ3v) is 4.90. The summed E-state index contributed by atoms with van der Waals surface area (Å²) < 4.78 is 27.4. The molecular formula is C15H16N2O4S. The molecule has 0 saturated heterocycles. The van der Waals surface area contributed by atoms with Crippen LogP contribution >= 0.6 is 0 Å². The van der Waals surface area contributed by atoms with Gasteiger partial charge in [-0.05, 0) is 49.6 Å². The maximum Gasteiger partial charge on any atom is 0.269 e. The molecule has 6 nitrogen and oxygen atoms in total. The molecule has 22 heavy (non-hydrogen) atoms. The molecule has 0 heterocycles. The summed E-state index contributed by atoms with van der Waals surface area (Å²) in [6.45, 7) is 5.56. The van der Waals surface area contributed by atoms with E-state index in [1.165, 1.54) is 24.3 Å². The number of hydrogen-bond acceptors (Lipinski definition) is 4. The van der Waals surface area contributed by atoms with Gasteiger partial charge in [-0.25, -0.2) is 8.42 Å². The van der Waals surface area contributed by atoms with Gasteiger partial charge in [-0.15, -0.1) is 0 Å². The molecule has 0 aliphatic carbocycles. The van der Waals surface area contributed by atoms with Crippen molar-refractivity contribution < 1.29 is 13.3 Å². The molecule has 0 fully saturated rings. The zero-order valence-electron chi connectivity index (χ0n) is 12.5. The Morgan fingerprint density at radius 1 is 0.955 bits per heavy atom. The van der Waals surface area contributed by atoms with Crippen LogP contribution in [0.1, 0.15) is 16.7 Å². The third kappa shape index (κ3) is 3.09. The average molecular weight is 320 g/mol. The summed E-state index contributed by atoms with van der Waals surface area (Å²) in [4.78, 5) is 10.0. The summed E-state index contributed by atoms with van der Waals surface area (Å²) in [5, 5.41) is 10.6. The van der Waals surface area contributed by atoms with E-state index >= 15 is 0 Å². The molecule has 1 N–H and O–H groups in total. The van der Waals surface area contributed by atoms with Gasteiger partial charge in [0.2, 0.25) is 0 Å². The molecule has 2 aromatic carbocycles. The normalized spacial score (nSPS) is 11.2. The van der Waals surface area contributed by atoms with Crippen LogP contribution in [0.25, 0.3) is 0 Å². The molecule has 0 aromatic heterocycles. The highest BCUT2D eigenvalue weighted by Gasteiger charge is 2.18. The predicted octanol–water partition coefficient (Wildman–Crippen LogP) is 3.32. The number of hydrogen-bond donors (Lipinski definition) is 1. The van der Waals surface area contributed by atoms with Crippen molar-refractivity contribution in [3.05, 3.63) is 63.2 Å². The van der Waals surface area contributed by atoms with Crippen molar-refractivity contribution in [3.63, 3.8) is 0 Å². The molecule has 116 valence electrons. The number of nitro groups is 1. The second kappa shape index (κ2) is 5.76. The van der Waals surface area contributed by atoms with Gasteiger partial charge in [0.25, 0.3) is 15.7 Å². The van der Waals surface area contributed by atoms with Crippen molar-refractivity contribution >= 4 is 21.4 Å². The van der Waals surface area contributed by atoms with Gasteiger partial charge in [0.15, 0.2) is 0 Å². The van der Waals surface area contributed by atoms with Crippen molar-refractivity contribution in [1.82, 2.24) is 0 Å². The summed E-state index contributed by atoms with van der Waals surface area (Å²) in [7, 11) is -3.79. The van der Waals surface area contributed by atoms with Gasteiger partial charge in [-0.1, -0.05) is 12.1 Å². The molecule has 0 saturated carbocycles. The van der Waals surface area contributed by atoms with Gasteiger partial charge < -0.3 is 0 Å². The zero-order chi connectivity index (χ0) is 16.5. The fourth-order valence-electron chi connectivity index (χ4n) is 2.05. The molecule has 2 rings (SSSR count). The zero-order valence-corrected chi connectivity index (χ0v) is 13.3. The number of rotatable bonds is 4. The molecule has 7 heteroatoms. The molecule has 0 radical (unpaired) electrons. The first-order valence-corrected chi connectivity index (χ1v) is 8.05. The van der Waals surface area contributed by atoms with Crippen LogP contribution in [-0.2, 0) is 10.0 Å². The van der Waals surface area contributed by atoms with E-state index in [2.05, 4.69) is 4.72 Å². The standard InChI is InChI=1S/C15H16N2O4S/c1-10-4-5-11(2)15(12(10)3)16-22(20,21)14-8-6-13(7-9-14)17(18)19/h4-9,16H,1-3H3. The number of nitro benzene ring substituents is 1. The lowest BCUT2D eigenvalue weighted by atomic mass is 10.0. The van der Waals surface area contributed by atoms with Crippen LogP contribution in [-0.4, -0.2) is 13.3 Å². The lowest BCUT2D eigenvalue weighted by Gasteiger charge is -2.15. The molecular weight excluding hydrogens is 304 g/mol. The second-order valence-corrected chi connectivity index (χ2v) is 6.74. The third-order valence-electron chi connectivity index (χ3n) is 3.54. The molecule has 0 aliphatic heterocycles. The highest BCUT2D eigenvalue weighted by atomic mass is 32.2. The van der Waals surface area contributed by atoms with Crippen molar-refractivity contribution in [2.24, 2.45) is 0 Å². The summed E-state index contributed by atoms with van der Waals surface area (Å²) in [6, 6.07) is 8.56. The Bertz CT molecular complexity index is 827. The Hall–Kier alpha value is -2.41. The molecule has 0 bridgehead atoms. The lowest BCUT2D eigenvalue weighted by Crippen LogP contribution is -2.15. The highest BCUT2D eigenvalue weighted by molar-refractivity contribution is 7.92. The minimum absolute atomic E-state index is 0.0154. The van der Waals surface area contributed by atoms with Crippen LogP contribution in [0.2, 0.25) is 0 Å². The topological polar surface area (TPSA) is 89.3 Å². The van der Waals surface area contributed by atoms with E-state index in [1.807, 2.05) is 32.9 Å². The highest BCUT2D eigenvalue weighted by Crippen LogP contribution is 2.26. The Morgan fingerprint density at radius 3 is 2.05 bits per heavy atom. The van der Waals surface area contributed by atoms with E-state index < -0.39 is 14.9 Å². The number of benzene rings is 2. The van der Waals surface area contributed by atoms with Crippen LogP contribution < -0.4 is 4.72 Å². The molecule has 0 spiro atoms. The fraction of sp³-hybridized carbons (Fsp3) is 0.200. The first-order valence-electron chi connectivity index (χ1n) is 6.56. The van der Waals surface area contributed by atoms with Crippen LogP contribution in [0.3, 0.4) is 0 Å². The van der Waals surface area contributed by atoms with Gasteiger partial charge in [0.05, 0.1) is 15.5 Å². The van der Waals surface area contributed by atoms with E-state index in [0.717, 1.165) is 16.7 Å². The Morgan fingerprint density at radius 2 is 1.50 bits per heavy atom. The summed E-state index contributed by atoms with van der Waals surface area (Å²) in [6.07, 6.45) is 0. The maximum atomic E-state index is 12.4. The Kier molecular flexibility index (Phi) is 4.18. The van der Waals surface area contributed by atoms with Crippen LogP contribution in [0.5, 0.6) is 0 Å². The molecule has 0 unspecified atom stereocenters. The quantitative estimate of drug-likeness (QED) is 0.691. The van der Waals surface area contributed by atoms with Gasteiger partial charge in [0, 0.05) is 12.1 Å². The van der Waals surface area contributed by atoms with Gasteiger partial charge in [-0.2, -0.15) is 0 Å². The average Bonchev–Trinajstić information content (AvgIpc) is 2.48. The predicted molar refractivity (Wildman–Crippen MR) is 84.6 cm³/mol. The smallest absolute Gasteiger partial charge is 0.269 e. The van der Waals surface area contributed by atoms with Crippen LogP contribution in [0, 0.1) is 30.9 Å². The van der Waals surface area contributed by atoms with E-state index in [-0.39, 0.29) is 10.6 Å². The summed E-state index contributed by atoms with van der Waals surface area (Å²) >= 11 is 0. The maximum absolute atomic E-state index is 12.4. The van der Waals surface area contributed by atoms with Crippen molar-refractivity contribution in [2.75, 3.05) is 4.72 Å². The van der Waals surface area contributed by atoms with E-state index in [9.17, 15) is 18.5 Å². The Labute approximate surface area is 129 Å². The molecule has 0 atom stereocenters. The number of aryl methyl sites for hydroxylation is 2. The number of nitrogens with one attached hydrogen (secondary N) is 1. The minimum atomic E-state index is -3.79. The van der Waals surface area contributed by atoms with Gasteiger partial charge >= 0.3 is 0 Å². The molecule has 0 amide bonds. The SMILES string of the molecule is Cc1ccc(C)c(NS(=O)(=O)c2ccc([N+](=O)[O-])cc2)c1C. The largest absolute Gasteiger partial charge is 0.279 e. The second-order valence-electron chi connectivity index (χ2n) is 5.06. The molecule has 0 aliphatic rings. The van der Waals surface area contributed by atoms with E-state index in [1.54, 1.807) is 0 Å². The first-order chi connectivity index (χ1) is 10.2. The number of non-ortho nitro benzene ring substituents is 1. The van der Waals surface area contributed by atoms with E-state index in [0.29, 0.717) is 5.69 Å². The minimum Gasteiger partial charge on any atom is -0.279 e.